The van der Waals surface area contributed by atoms with E-state index in [1.807, 2.05) is 18.7 Å². The van der Waals surface area contributed by atoms with Crippen LogP contribution in [0.5, 0.6) is 0 Å². The number of hydrogen-bond donors (Lipinski definition) is 1. The number of rotatable bonds is 1. The van der Waals surface area contributed by atoms with E-state index in [0.717, 1.165) is 11.4 Å². The van der Waals surface area contributed by atoms with E-state index in [-0.39, 0.29) is 22.9 Å². The van der Waals surface area contributed by atoms with E-state index >= 15 is 0 Å². The molecular formula is C13H17BrN2O2S. The number of nitrogens with one attached hydrogen (secondary N) is 1. The largest absolute Gasteiger partial charge is 0.363 e. The fourth-order valence-corrected chi connectivity index (χ4v) is 3.56. The summed E-state index contributed by atoms with van der Waals surface area (Å²) in [7, 11) is 0. The minimum atomic E-state index is -0.237. The van der Waals surface area contributed by atoms with Gasteiger partial charge in [0, 0.05) is 35.5 Å². The molecule has 1 aliphatic heterocycles. The lowest BCUT2D eigenvalue weighted by Crippen LogP contribution is -2.49. The lowest BCUT2D eigenvalue weighted by molar-refractivity contribution is 0.0696. The molecule has 0 spiro atoms. The predicted octanol–water partition coefficient (Wildman–Crippen LogP) is 2.41. The van der Waals surface area contributed by atoms with Gasteiger partial charge in [-0.05, 0) is 29.8 Å². The van der Waals surface area contributed by atoms with Crippen LogP contribution in [0.15, 0.2) is 15.5 Å². The molecule has 1 aromatic heterocycles. The van der Waals surface area contributed by atoms with Gasteiger partial charge < -0.3 is 9.88 Å². The molecule has 0 aromatic carbocycles. The molecule has 1 saturated heterocycles. The van der Waals surface area contributed by atoms with Gasteiger partial charge >= 0.3 is 0 Å². The number of pyridine rings is 1. The Morgan fingerprint density at radius 2 is 2.21 bits per heavy atom. The molecule has 19 heavy (non-hydrogen) atoms. The van der Waals surface area contributed by atoms with E-state index in [9.17, 15) is 9.59 Å². The summed E-state index contributed by atoms with van der Waals surface area (Å²) in [6.07, 6.45) is 1.52. The topological polar surface area (TPSA) is 53.2 Å². The van der Waals surface area contributed by atoms with Crippen molar-refractivity contribution in [3.05, 3.63) is 32.2 Å². The molecule has 0 bridgehead atoms. The number of amides is 1. The molecule has 4 nitrogen and oxygen atoms in total. The Morgan fingerprint density at radius 3 is 2.89 bits per heavy atom. The minimum absolute atomic E-state index is 0.144. The van der Waals surface area contributed by atoms with Gasteiger partial charge in [-0.25, -0.2) is 0 Å². The monoisotopic (exact) mass is 344 g/mol. The van der Waals surface area contributed by atoms with Crippen molar-refractivity contribution in [1.29, 1.82) is 0 Å². The number of H-pyrrole nitrogens is 1. The van der Waals surface area contributed by atoms with Crippen LogP contribution in [0.25, 0.3) is 0 Å². The third-order valence-electron chi connectivity index (χ3n) is 3.58. The molecule has 1 N–H and O–H groups in total. The Bertz CT molecular complexity index is 558. The van der Waals surface area contributed by atoms with E-state index in [2.05, 4.69) is 27.8 Å². The summed E-state index contributed by atoms with van der Waals surface area (Å²) in [6.45, 7) is 6.64. The number of carbonyl (C=O) groups excluding carboxylic acids is 1. The van der Waals surface area contributed by atoms with Crippen LogP contribution in [-0.2, 0) is 0 Å². The summed E-state index contributed by atoms with van der Waals surface area (Å²) >= 11 is 5.09. The SMILES string of the molecule is Cc1[nH]cc(C(=O)N2CCS[C@H](C)[C@@H]2C)c(=O)c1Br. The van der Waals surface area contributed by atoms with Crippen molar-refractivity contribution in [2.24, 2.45) is 0 Å². The summed E-state index contributed by atoms with van der Waals surface area (Å²) in [5.41, 5.74) is 0.708. The minimum Gasteiger partial charge on any atom is -0.363 e. The number of thioether (sulfide) groups is 1. The van der Waals surface area contributed by atoms with Gasteiger partial charge in [0.25, 0.3) is 5.91 Å². The molecule has 1 aliphatic rings. The fourth-order valence-electron chi connectivity index (χ4n) is 2.13. The van der Waals surface area contributed by atoms with Crippen molar-refractivity contribution in [2.45, 2.75) is 32.1 Å². The molecule has 1 aromatic rings. The van der Waals surface area contributed by atoms with Gasteiger partial charge in [-0.15, -0.1) is 0 Å². The first-order valence-corrected chi connectivity index (χ1v) is 8.08. The Labute approximate surface area is 125 Å². The van der Waals surface area contributed by atoms with Crippen molar-refractivity contribution in [3.8, 4) is 0 Å². The van der Waals surface area contributed by atoms with E-state index < -0.39 is 0 Å². The van der Waals surface area contributed by atoms with Crippen LogP contribution in [0.3, 0.4) is 0 Å². The second-order valence-electron chi connectivity index (χ2n) is 4.79. The maximum absolute atomic E-state index is 12.5. The molecule has 2 atom stereocenters. The van der Waals surface area contributed by atoms with Crippen LogP contribution in [-0.4, -0.2) is 39.4 Å². The van der Waals surface area contributed by atoms with Crippen LogP contribution < -0.4 is 5.43 Å². The van der Waals surface area contributed by atoms with Crippen LogP contribution in [0, 0.1) is 6.92 Å². The number of aryl methyl sites for hydroxylation is 1. The molecule has 0 radical (unpaired) electrons. The van der Waals surface area contributed by atoms with Gasteiger partial charge in [-0.2, -0.15) is 11.8 Å². The second-order valence-corrected chi connectivity index (χ2v) is 7.06. The van der Waals surface area contributed by atoms with Gasteiger partial charge in [-0.3, -0.25) is 9.59 Å². The third kappa shape index (κ3) is 2.74. The first-order valence-electron chi connectivity index (χ1n) is 6.24. The molecule has 104 valence electrons. The summed E-state index contributed by atoms with van der Waals surface area (Å²) < 4.78 is 0.436. The number of aromatic nitrogens is 1. The molecular weight excluding hydrogens is 328 g/mol. The zero-order valence-corrected chi connectivity index (χ0v) is 13.6. The number of carbonyl (C=O) groups is 1. The van der Waals surface area contributed by atoms with Crippen molar-refractivity contribution < 1.29 is 4.79 Å². The standard InChI is InChI=1S/C13H17BrN2O2S/c1-7-11(14)12(17)10(6-15-7)13(18)16-4-5-19-9(3)8(16)2/h6,8-9H,4-5H2,1-3H3,(H,15,17)/t8-,9+/m0/s1. The average molecular weight is 345 g/mol. The summed E-state index contributed by atoms with van der Waals surface area (Å²) in [4.78, 5) is 29.4. The van der Waals surface area contributed by atoms with Crippen LogP contribution in [0.1, 0.15) is 29.9 Å². The Balaban J connectivity index is 2.35. The summed E-state index contributed by atoms with van der Waals surface area (Å²) in [6, 6.07) is 0.144. The van der Waals surface area contributed by atoms with Gasteiger partial charge in [0.15, 0.2) is 0 Å². The molecule has 0 unspecified atom stereocenters. The van der Waals surface area contributed by atoms with Crippen LogP contribution in [0.2, 0.25) is 0 Å². The van der Waals surface area contributed by atoms with Gasteiger partial charge in [0.1, 0.15) is 5.56 Å². The highest BCUT2D eigenvalue weighted by Gasteiger charge is 2.30. The average Bonchev–Trinajstić information content (AvgIpc) is 2.39. The maximum atomic E-state index is 12.5. The van der Waals surface area contributed by atoms with Crippen LogP contribution >= 0.6 is 27.7 Å². The van der Waals surface area contributed by atoms with Crippen molar-refractivity contribution in [1.82, 2.24) is 9.88 Å². The third-order valence-corrected chi connectivity index (χ3v) is 5.87. The van der Waals surface area contributed by atoms with E-state index in [4.69, 9.17) is 0 Å². The summed E-state index contributed by atoms with van der Waals surface area (Å²) in [5.74, 6) is 0.740. The van der Waals surface area contributed by atoms with Gasteiger partial charge in [0.05, 0.1) is 4.47 Å². The first kappa shape index (κ1) is 14.7. The lowest BCUT2D eigenvalue weighted by Gasteiger charge is -2.37. The van der Waals surface area contributed by atoms with Crippen LogP contribution in [0.4, 0.5) is 0 Å². The smallest absolute Gasteiger partial charge is 0.259 e. The highest BCUT2D eigenvalue weighted by molar-refractivity contribution is 9.10. The van der Waals surface area contributed by atoms with E-state index in [1.54, 1.807) is 11.8 Å². The van der Waals surface area contributed by atoms with Crippen molar-refractivity contribution >= 4 is 33.6 Å². The number of aromatic amines is 1. The van der Waals surface area contributed by atoms with E-state index in [1.165, 1.54) is 6.20 Å². The first-order chi connectivity index (χ1) is 8.93. The quantitative estimate of drug-likeness (QED) is 0.851. The summed E-state index contributed by atoms with van der Waals surface area (Å²) in [5, 5.41) is 0.394. The Kier molecular flexibility index (Phi) is 4.40. The maximum Gasteiger partial charge on any atom is 0.259 e. The number of halogens is 1. The zero-order valence-electron chi connectivity index (χ0n) is 11.2. The number of nitrogens with zero attached hydrogens (tertiary/aromatic N) is 1. The normalized spacial score (nSPS) is 23.5. The van der Waals surface area contributed by atoms with Gasteiger partial charge in [0.2, 0.25) is 5.43 Å². The molecule has 0 aliphatic carbocycles. The Morgan fingerprint density at radius 1 is 1.53 bits per heavy atom. The van der Waals surface area contributed by atoms with Crippen molar-refractivity contribution in [3.63, 3.8) is 0 Å². The fraction of sp³-hybridized carbons (Fsp3) is 0.538. The molecule has 6 heteroatoms. The second kappa shape index (κ2) is 5.71. The molecule has 1 fully saturated rings. The van der Waals surface area contributed by atoms with E-state index in [0.29, 0.717) is 16.3 Å². The number of hydrogen-bond acceptors (Lipinski definition) is 3. The highest BCUT2D eigenvalue weighted by Crippen LogP contribution is 2.25. The molecule has 0 saturated carbocycles. The lowest BCUT2D eigenvalue weighted by atomic mass is 10.1. The molecule has 1 amide bonds. The Hall–Kier alpha value is -0.750. The highest BCUT2D eigenvalue weighted by atomic mass is 79.9. The molecule has 2 heterocycles. The van der Waals surface area contributed by atoms with Crippen molar-refractivity contribution in [2.75, 3.05) is 12.3 Å². The zero-order chi connectivity index (χ0) is 14.2. The predicted molar refractivity (Wildman–Crippen MR) is 81.9 cm³/mol. The van der Waals surface area contributed by atoms with Gasteiger partial charge in [-0.1, -0.05) is 6.92 Å². The molecule has 2 rings (SSSR count).